The number of fused-ring (bicyclic) bond motifs is 5. The molecule has 5 aromatic rings. The number of nitrogens with zero attached hydrogens (tertiary/aromatic N) is 3. The Balaban J connectivity index is 1.89. The third-order valence-electron chi connectivity index (χ3n) is 7.12. The molecular formula is C29H26N4O2. The predicted octanol–water partition coefficient (Wildman–Crippen LogP) is 4.83. The van der Waals surface area contributed by atoms with Gasteiger partial charge < -0.3 is 9.88 Å². The SMILES string of the molecule is Cc1cccc(-c2c3c(=O)n(C)c(=O)n(C)c3c3n2-c2ccccc2N[C@@H]3c2ccccc2C)c1. The second kappa shape index (κ2) is 7.60. The van der Waals surface area contributed by atoms with E-state index in [4.69, 9.17) is 0 Å². The van der Waals surface area contributed by atoms with Crippen LogP contribution in [0.25, 0.3) is 27.8 Å². The lowest BCUT2D eigenvalue weighted by Gasteiger charge is -2.32. The second-order valence-corrected chi connectivity index (χ2v) is 9.32. The monoisotopic (exact) mass is 462 g/mol. The highest BCUT2D eigenvalue weighted by Gasteiger charge is 2.35. The first-order chi connectivity index (χ1) is 16.9. The van der Waals surface area contributed by atoms with E-state index in [2.05, 4.69) is 47.1 Å². The van der Waals surface area contributed by atoms with Gasteiger partial charge in [-0.1, -0.05) is 60.2 Å². The van der Waals surface area contributed by atoms with Gasteiger partial charge in [0.05, 0.1) is 39.7 Å². The third kappa shape index (κ3) is 2.96. The summed E-state index contributed by atoms with van der Waals surface area (Å²) < 4.78 is 5.00. The van der Waals surface area contributed by atoms with E-state index in [1.807, 2.05) is 49.4 Å². The maximum absolute atomic E-state index is 13.7. The van der Waals surface area contributed by atoms with Crippen LogP contribution >= 0.6 is 0 Å². The van der Waals surface area contributed by atoms with Crippen molar-refractivity contribution in [2.45, 2.75) is 19.9 Å². The summed E-state index contributed by atoms with van der Waals surface area (Å²) in [5.74, 6) is 0. The molecule has 2 aromatic heterocycles. The van der Waals surface area contributed by atoms with Gasteiger partial charge in [-0.15, -0.1) is 0 Å². The van der Waals surface area contributed by atoms with Gasteiger partial charge in [0.2, 0.25) is 0 Å². The molecule has 0 bridgehead atoms. The summed E-state index contributed by atoms with van der Waals surface area (Å²) in [6.45, 7) is 4.14. The van der Waals surface area contributed by atoms with E-state index >= 15 is 0 Å². The van der Waals surface area contributed by atoms with Crippen LogP contribution in [0.4, 0.5) is 5.69 Å². The molecule has 174 valence electrons. The standard InChI is InChI=1S/C29H26N4O2/c1-17-10-9-12-19(16-17)25-23-26(31(3)29(35)32(4)28(23)34)27-24(20-13-6-5-11-18(20)2)30-21-14-7-8-15-22(21)33(25)27/h5-16,24,30H,1-4H3/t24-/m1/s1. The highest BCUT2D eigenvalue weighted by molar-refractivity contribution is 5.99. The molecule has 0 radical (unpaired) electrons. The summed E-state index contributed by atoms with van der Waals surface area (Å²) >= 11 is 0. The van der Waals surface area contributed by atoms with Crippen molar-refractivity contribution in [2.75, 3.05) is 5.32 Å². The lowest BCUT2D eigenvalue weighted by atomic mass is 9.96. The van der Waals surface area contributed by atoms with Crippen LogP contribution in [-0.2, 0) is 14.1 Å². The van der Waals surface area contributed by atoms with E-state index < -0.39 is 0 Å². The quantitative estimate of drug-likeness (QED) is 0.409. The first-order valence-electron chi connectivity index (χ1n) is 11.7. The number of para-hydroxylation sites is 2. The van der Waals surface area contributed by atoms with Crippen LogP contribution in [0.3, 0.4) is 0 Å². The summed E-state index contributed by atoms with van der Waals surface area (Å²) in [5.41, 5.74) is 7.94. The van der Waals surface area contributed by atoms with E-state index in [0.717, 1.165) is 45.0 Å². The molecule has 6 rings (SSSR count). The Morgan fingerprint density at radius 3 is 2.34 bits per heavy atom. The van der Waals surface area contributed by atoms with Gasteiger partial charge in [0.25, 0.3) is 5.56 Å². The van der Waals surface area contributed by atoms with Gasteiger partial charge in [0, 0.05) is 14.1 Å². The Morgan fingerprint density at radius 1 is 0.829 bits per heavy atom. The van der Waals surface area contributed by atoms with E-state index in [-0.39, 0.29) is 17.3 Å². The van der Waals surface area contributed by atoms with E-state index in [1.165, 1.54) is 4.57 Å². The fourth-order valence-electron chi connectivity index (χ4n) is 5.43. The van der Waals surface area contributed by atoms with Crippen LogP contribution in [0.5, 0.6) is 0 Å². The normalized spacial score (nSPS) is 14.5. The van der Waals surface area contributed by atoms with E-state index in [0.29, 0.717) is 10.9 Å². The van der Waals surface area contributed by atoms with E-state index in [1.54, 1.807) is 18.7 Å². The molecule has 0 spiro atoms. The lowest BCUT2D eigenvalue weighted by molar-refractivity contribution is 0.708. The van der Waals surface area contributed by atoms with E-state index in [9.17, 15) is 9.59 Å². The van der Waals surface area contributed by atoms with Gasteiger partial charge in [0.1, 0.15) is 0 Å². The van der Waals surface area contributed by atoms with Gasteiger partial charge >= 0.3 is 5.69 Å². The summed E-state index contributed by atoms with van der Waals surface area (Å²) in [6, 6.07) is 24.3. The molecule has 0 saturated heterocycles. The number of benzene rings is 3. The Bertz CT molecular complexity index is 1770. The zero-order chi connectivity index (χ0) is 24.4. The largest absolute Gasteiger partial charge is 0.371 e. The van der Waals surface area contributed by atoms with Crippen LogP contribution in [0.1, 0.15) is 28.4 Å². The molecule has 35 heavy (non-hydrogen) atoms. The molecule has 1 atom stereocenters. The first-order valence-corrected chi connectivity index (χ1v) is 11.7. The average Bonchev–Trinajstić information content (AvgIpc) is 3.23. The fourth-order valence-corrected chi connectivity index (χ4v) is 5.43. The van der Waals surface area contributed by atoms with Gasteiger partial charge in [-0.05, 0) is 48.7 Å². The molecule has 0 amide bonds. The van der Waals surface area contributed by atoms with Gasteiger partial charge in [-0.25, -0.2) is 4.79 Å². The van der Waals surface area contributed by atoms with Crippen LogP contribution < -0.4 is 16.6 Å². The summed E-state index contributed by atoms with van der Waals surface area (Å²) in [4.78, 5) is 26.9. The molecule has 0 saturated carbocycles. The van der Waals surface area contributed by atoms with Crippen molar-refractivity contribution >= 4 is 16.6 Å². The fraction of sp³-hybridized carbons (Fsp3) is 0.172. The third-order valence-corrected chi connectivity index (χ3v) is 7.12. The Kier molecular flexibility index (Phi) is 4.61. The highest BCUT2D eigenvalue weighted by atomic mass is 16.2. The molecule has 0 aliphatic carbocycles. The van der Waals surface area contributed by atoms with Gasteiger partial charge in [-0.2, -0.15) is 0 Å². The zero-order valence-corrected chi connectivity index (χ0v) is 20.2. The number of hydrogen-bond donors (Lipinski definition) is 1. The first kappa shape index (κ1) is 21.2. The molecular weight excluding hydrogens is 436 g/mol. The number of aryl methyl sites for hydroxylation is 3. The molecule has 3 heterocycles. The van der Waals surface area contributed by atoms with Crippen molar-refractivity contribution < 1.29 is 0 Å². The number of hydrogen-bond acceptors (Lipinski definition) is 3. The van der Waals surface area contributed by atoms with Crippen LogP contribution in [0.2, 0.25) is 0 Å². The zero-order valence-electron chi connectivity index (χ0n) is 20.2. The maximum Gasteiger partial charge on any atom is 0.331 e. The van der Waals surface area contributed by atoms with Crippen LogP contribution in [-0.4, -0.2) is 13.7 Å². The molecule has 6 heteroatoms. The smallest absolute Gasteiger partial charge is 0.331 e. The second-order valence-electron chi connectivity index (χ2n) is 9.32. The van der Waals surface area contributed by atoms with Crippen molar-refractivity contribution in [1.82, 2.24) is 13.7 Å². The topological polar surface area (TPSA) is 61.0 Å². The molecule has 1 aliphatic rings. The predicted molar refractivity (Wildman–Crippen MR) is 141 cm³/mol. The minimum atomic E-state index is -0.339. The van der Waals surface area contributed by atoms with Gasteiger partial charge in [0.15, 0.2) is 0 Å². The molecule has 3 aromatic carbocycles. The molecule has 0 fully saturated rings. The molecule has 1 aliphatic heterocycles. The minimum Gasteiger partial charge on any atom is -0.371 e. The van der Waals surface area contributed by atoms with Crippen molar-refractivity contribution in [1.29, 1.82) is 0 Å². The van der Waals surface area contributed by atoms with Crippen molar-refractivity contribution in [3.05, 3.63) is 116 Å². The average molecular weight is 463 g/mol. The van der Waals surface area contributed by atoms with Crippen molar-refractivity contribution in [3.8, 4) is 16.9 Å². The molecule has 6 nitrogen and oxygen atoms in total. The van der Waals surface area contributed by atoms with Crippen LogP contribution in [0.15, 0.2) is 82.4 Å². The summed E-state index contributed by atoms with van der Waals surface area (Å²) in [6.07, 6.45) is 0. The number of aromatic nitrogens is 3. The number of rotatable bonds is 2. The highest BCUT2D eigenvalue weighted by Crippen LogP contribution is 2.45. The molecule has 0 unspecified atom stereocenters. The Hall–Kier alpha value is -4.32. The minimum absolute atomic E-state index is 0.245. The maximum atomic E-state index is 13.7. The Morgan fingerprint density at radius 2 is 1.57 bits per heavy atom. The van der Waals surface area contributed by atoms with Gasteiger partial charge in [-0.3, -0.25) is 13.9 Å². The molecule has 1 N–H and O–H groups in total. The lowest BCUT2D eigenvalue weighted by Crippen LogP contribution is -2.37. The van der Waals surface area contributed by atoms with Crippen LogP contribution in [0, 0.1) is 13.8 Å². The summed E-state index contributed by atoms with van der Waals surface area (Å²) in [7, 11) is 3.30. The number of nitrogens with one attached hydrogen (secondary N) is 1. The summed E-state index contributed by atoms with van der Waals surface area (Å²) in [5, 5.41) is 4.26. The van der Waals surface area contributed by atoms with Crippen molar-refractivity contribution in [3.63, 3.8) is 0 Å². The Labute approximate surface area is 202 Å². The van der Waals surface area contributed by atoms with Crippen molar-refractivity contribution in [2.24, 2.45) is 14.1 Å². The number of anilines is 1.